The molecule has 0 aliphatic carbocycles. The first-order chi connectivity index (χ1) is 28.7. The van der Waals surface area contributed by atoms with E-state index in [1.54, 1.807) is 0 Å². The third kappa shape index (κ3) is 6.76. The largest absolute Gasteiger partial charge is 0.319 e. The van der Waals surface area contributed by atoms with Gasteiger partial charge < -0.3 is 4.57 Å². The summed E-state index contributed by atoms with van der Waals surface area (Å²) in [6.45, 7) is 11.6. The molecule has 4 nitrogen and oxygen atoms in total. The first-order valence-corrected chi connectivity index (χ1v) is 23.4. The van der Waals surface area contributed by atoms with Gasteiger partial charge in [0.15, 0.2) is 17.4 Å². The normalized spacial score (nSPS) is 11.9. The van der Waals surface area contributed by atoms with Gasteiger partial charge in [0.1, 0.15) is 5.82 Å². The molecule has 0 unspecified atom stereocenters. The minimum atomic E-state index is -2.33. The Hall–Kier alpha value is -6.13. The van der Waals surface area contributed by atoms with Crippen molar-refractivity contribution in [2.75, 3.05) is 0 Å². The van der Waals surface area contributed by atoms with Gasteiger partial charge >= 0.3 is 0 Å². The van der Waals surface area contributed by atoms with Crippen molar-refractivity contribution in [1.82, 2.24) is 18.7 Å². The van der Waals surface area contributed by atoms with Crippen molar-refractivity contribution in [3.05, 3.63) is 195 Å². The monoisotopic (exact) mass is 972 g/mol. The van der Waals surface area contributed by atoms with Gasteiger partial charge in [-0.1, -0.05) is 116 Å². The fourth-order valence-electron chi connectivity index (χ4n) is 8.72. The van der Waals surface area contributed by atoms with Crippen molar-refractivity contribution < 1.29 is 21.1 Å². The van der Waals surface area contributed by atoms with E-state index in [1.807, 2.05) is 6.20 Å². The molecule has 0 amide bonds. The molecule has 0 fully saturated rings. The molecule has 6 heteroatoms. The summed E-state index contributed by atoms with van der Waals surface area (Å²) in [5.74, 6) is 0.864. The second kappa shape index (κ2) is 15.5. The van der Waals surface area contributed by atoms with Crippen LogP contribution in [0.3, 0.4) is 0 Å². The molecule has 0 aliphatic rings. The average Bonchev–Trinajstić information content (AvgIpc) is 3.84. The Kier molecular flexibility index (Phi) is 10.1. The number of hydrogen-bond donors (Lipinski definition) is 0. The van der Waals surface area contributed by atoms with Crippen molar-refractivity contribution in [1.29, 1.82) is 0 Å². The molecule has 0 spiro atoms. The molecule has 0 N–H and O–H groups in total. The van der Waals surface area contributed by atoms with Crippen LogP contribution in [0.1, 0.15) is 20.8 Å². The summed E-state index contributed by atoms with van der Waals surface area (Å²) >= 11 is 0. The molecule has 10 aromatic rings. The topological polar surface area (TPSA) is 27.7 Å². The fourth-order valence-corrected chi connectivity index (χ4v) is 10.9. The zero-order valence-corrected chi connectivity index (χ0v) is 37.7. The van der Waals surface area contributed by atoms with Crippen molar-refractivity contribution in [3.8, 4) is 44.9 Å². The van der Waals surface area contributed by atoms with Gasteiger partial charge in [0.05, 0.1) is 13.6 Å². The van der Waals surface area contributed by atoms with Crippen molar-refractivity contribution in [3.63, 3.8) is 0 Å². The van der Waals surface area contributed by atoms with Crippen LogP contribution in [0, 0.1) is 12.1 Å². The molecule has 296 valence electrons. The first kappa shape index (κ1) is 39.3. The standard InChI is InChI=1S/C54H45N4Si.Pt/c1-54(2,3)57-37-56(49-28-14-15-29-50(49)57)41-22-16-23-42(35-41)59(4,5)43-30-31-47-46-24-12-13-27-48(46)58(51(47)36-43)52-34-40(32-33-55-52)53-44(38-18-8-6-9-19-38)25-17-26-45(53)39-20-10-7-11-21-39;/h6-34,37H,1-5H3;/q-1;. The molecule has 0 atom stereocenters. The number of pyridine rings is 1. The van der Waals surface area contributed by atoms with Gasteiger partial charge in [-0.3, -0.25) is 0 Å². The van der Waals surface area contributed by atoms with Crippen LogP contribution in [0.5, 0.6) is 0 Å². The molecule has 0 bridgehead atoms. The maximum atomic E-state index is 5.10. The van der Waals surface area contributed by atoms with E-state index in [9.17, 15) is 0 Å². The van der Waals surface area contributed by atoms with Crippen LogP contribution in [0.25, 0.3) is 77.7 Å². The van der Waals surface area contributed by atoms with E-state index in [-0.39, 0.29) is 26.6 Å². The number of benzene rings is 7. The predicted molar refractivity (Wildman–Crippen MR) is 250 cm³/mol. The number of aromatic nitrogens is 4. The quantitative estimate of drug-likeness (QED) is 0.116. The number of hydrogen-bond acceptors (Lipinski definition) is 1. The minimum Gasteiger partial charge on any atom is -0.319 e. The second-order valence-electron chi connectivity index (χ2n) is 16.9. The molecular formula is C54H45N4PtSi-. The third-order valence-electron chi connectivity index (χ3n) is 11.8. The molecule has 60 heavy (non-hydrogen) atoms. The van der Waals surface area contributed by atoms with E-state index < -0.39 is 8.07 Å². The van der Waals surface area contributed by atoms with Crippen LogP contribution in [0.4, 0.5) is 0 Å². The Morgan fingerprint density at radius 3 is 1.83 bits per heavy atom. The minimum absolute atomic E-state index is 0. The number of fused-ring (bicyclic) bond motifs is 4. The first-order valence-electron chi connectivity index (χ1n) is 20.4. The van der Waals surface area contributed by atoms with E-state index in [2.05, 4.69) is 236 Å². The van der Waals surface area contributed by atoms with E-state index >= 15 is 0 Å². The van der Waals surface area contributed by atoms with Crippen molar-refractivity contribution in [2.45, 2.75) is 39.4 Å². The van der Waals surface area contributed by atoms with Crippen LogP contribution >= 0.6 is 0 Å². The van der Waals surface area contributed by atoms with Crippen LogP contribution in [-0.2, 0) is 26.6 Å². The maximum Gasteiger partial charge on any atom is 0.188 e. The Morgan fingerprint density at radius 2 is 1.15 bits per heavy atom. The summed E-state index contributed by atoms with van der Waals surface area (Å²) in [6.07, 6.45) is 4.19. The van der Waals surface area contributed by atoms with Gasteiger partial charge in [-0.15, -0.1) is 17.5 Å². The Bertz CT molecular complexity index is 3120. The molecule has 3 heterocycles. The molecular weight excluding hydrogens is 928 g/mol. The van der Waals surface area contributed by atoms with Gasteiger partial charge in [-0.2, -0.15) is 40.7 Å². The third-order valence-corrected chi connectivity index (χ3v) is 15.1. The molecule has 3 aromatic heterocycles. The van der Waals surface area contributed by atoms with Crippen LogP contribution in [0.2, 0.25) is 13.1 Å². The Morgan fingerprint density at radius 1 is 0.550 bits per heavy atom. The molecule has 10 rings (SSSR count). The Labute approximate surface area is 367 Å². The smallest absolute Gasteiger partial charge is 0.188 e. The van der Waals surface area contributed by atoms with E-state index in [1.165, 1.54) is 60.0 Å². The van der Waals surface area contributed by atoms with Crippen molar-refractivity contribution >= 4 is 51.3 Å². The van der Waals surface area contributed by atoms with Gasteiger partial charge in [0, 0.05) is 50.6 Å². The molecule has 0 aliphatic heterocycles. The van der Waals surface area contributed by atoms with Crippen LogP contribution < -0.4 is 10.4 Å². The van der Waals surface area contributed by atoms with Gasteiger partial charge in [0.2, 0.25) is 0 Å². The zero-order chi connectivity index (χ0) is 40.3. The SMILES string of the molecule is CC(C)(C)n1[cH+]n(-c2[c-]c([Si](C)(C)c3[c-]c4c(cc3)c3ccccc3n4-c3cc(-c4c(-c5ccccc5)cccc4-c4ccccc4)ccn3)ccc2)c2ccccc21.[Pt]. The Balaban J connectivity index is 0.00000462. The summed E-state index contributed by atoms with van der Waals surface area (Å²) in [5.41, 5.74) is 12.5. The van der Waals surface area contributed by atoms with E-state index in [4.69, 9.17) is 4.98 Å². The van der Waals surface area contributed by atoms with Crippen molar-refractivity contribution in [2.24, 2.45) is 0 Å². The zero-order valence-electron chi connectivity index (χ0n) is 34.4. The summed E-state index contributed by atoms with van der Waals surface area (Å²) in [5, 5.41) is 4.81. The number of rotatable bonds is 7. The summed E-state index contributed by atoms with van der Waals surface area (Å²) in [4.78, 5) is 5.10. The summed E-state index contributed by atoms with van der Waals surface area (Å²) in [7, 11) is -2.33. The predicted octanol–water partition coefficient (Wildman–Crippen LogP) is 12.4. The number of para-hydroxylation sites is 3. The van der Waals surface area contributed by atoms with Crippen LogP contribution in [-0.4, -0.2) is 26.8 Å². The summed E-state index contributed by atoms with van der Waals surface area (Å²) < 4.78 is 6.96. The maximum absolute atomic E-state index is 5.10. The number of imidazole rings is 1. The average molecular weight is 973 g/mol. The van der Waals surface area contributed by atoms with Gasteiger partial charge in [-0.25, -0.2) is 14.1 Å². The van der Waals surface area contributed by atoms with E-state index in [0.717, 1.165) is 28.1 Å². The van der Waals surface area contributed by atoms with E-state index in [0.29, 0.717) is 0 Å². The molecule has 0 saturated carbocycles. The van der Waals surface area contributed by atoms with Gasteiger partial charge in [-0.05, 0) is 89.9 Å². The van der Waals surface area contributed by atoms with Crippen LogP contribution in [0.15, 0.2) is 182 Å². The second-order valence-corrected chi connectivity index (χ2v) is 21.3. The summed E-state index contributed by atoms with van der Waals surface area (Å²) in [6, 6.07) is 68.9. The number of nitrogens with zero attached hydrogens (tertiary/aromatic N) is 4. The molecule has 0 saturated heterocycles. The molecule has 0 radical (unpaired) electrons. The van der Waals surface area contributed by atoms with Gasteiger partial charge in [0.25, 0.3) is 0 Å². The molecule has 7 aromatic carbocycles. The fraction of sp³-hybridized carbons (Fsp3) is 0.111.